The van der Waals surface area contributed by atoms with Crippen LogP contribution in [0.3, 0.4) is 0 Å². The Morgan fingerprint density at radius 1 is 1.41 bits per heavy atom. The number of benzene rings is 1. The maximum Gasteiger partial charge on any atom is 0.167 e. The van der Waals surface area contributed by atoms with Crippen LogP contribution in [-0.2, 0) is 6.42 Å². The van der Waals surface area contributed by atoms with Crippen molar-refractivity contribution in [3.63, 3.8) is 0 Å². The number of ether oxygens (including phenoxy) is 1. The molecule has 0 saturated heterocycles. The minimum absolute atomic E-state index is 0.0926. The van der Waals surface area contributed by atoms with Crippen molar-refractivity contribution in [1.29, 1.82) is 0 Å². The highest BCUT2D eigenvalue weighted by Gasteiger charge is 2.10. The third-order valence-corrected chi connectivity index (χ3v) is 3.15. The van der Waals surface area contributed by atoms with Gasteiger partial charge >= 0.3 is 0 Å². The number of ketones is 1. The second-order valence-corrected chi connectivity index (χ2v) is 4.36. The van der Waals surface area contributed by atoms with E-state index >= 15 is 0 Å². The number of carbonyl (C=O) groups excluding carboxylic acids is 1. The summed E-state index contributed by atoms with van der Waals surface area (Å²) < 4.78 is 18.2. The minimum Gasteiger partial charge on any atom is -0.494 e. The molecule has 2 nitrogen and oxygen atoms in total. The molecule has 0 saturated carbocycles. The minimum atomic E-state index is -0.510. The predicted octanol–water partition coefficient (Wildman–Crippen LogP) is 3.32. The first kappa shape index (κ1) is 11.8. The predicted molar refractivity (Wildman–Crippen MR) is 65.3 cm³/mol. The highest BCUT2D eigenvalue weighted by molar-refractivity contribution is 7.08. The van der Waals surface area contributed by atoms with Gasteiger partial charge in [-0.05, 0) is 40.6 Å². The van der Waals surface area contributed by atoms with Crippen LogP contribution >= 0.6 is 11.3 Å². The molecule has 0 atom stereocenters. The molecule has 0 unspecified atom stereocenters. The van der Waals surface area contributed by atoms with Crippen molar-refractivity contribution < 1.29 is 13.9 Å². The molecule has 17 heavy (non-hydrogen) atoms. The number of hydrogen-bond donors (Lipinski definition) is 0. The molecule has 88 valence electrons. The van der Waals surface area contributed by atoms with E-state index in [0.717, 1.165) is 5.56 Å². The molecule has 1 heterocycles. The molecule has 0 aliphatic rings. The van der Waals surface area contributed by atoms with E-state index in [2.05, 4.69) is 0 Å². The Hall–Kier alpha value is -1.68. The fourth-order valence-corrected chi connectivity index (χ4v) is 2.19. The smallest absolute Gasteiger partial charge is 0.167 e. The normalized spacial score (nSPS) is 10.2. The number of Topliss-reactive ketones (excluding diaryl/α,β-unsaturated/α-hetero) is 1. The average molecular weight is 250 g/mol. The molecule has 1 aromatic carbocycles. The van der Waals surface area contributed by atoms with Gasteiger partial charge in [-0.15, -0.1) is 0 Å². The van der Waals surface area contributed by atoms with Crippen LogP contribution in [0.15, 0.2) is 35.0 Å². The van der Waals surface area contributed by atoms with Crippen LogP contribution in [-0.4, -0.2) is 12.9 Å². The quantitative estimate of drug-likeness (QED) is 0.778. The van der Waals surface area contributed by atoms with Gasteiger partial charge in [0.25, 0.3) is 0 Å². The number of carbonyl (C=O) groups is 1. The summed E-state index contributed by atoms with van der Waals surface area (Å²) in [7, 11) is 1.39. The number of thiophene rings is 1. The van der Waals surface area contributed by atoms with Gasteiger partial charge in [-0.2, -0.15) is 11.3 Å². The molecule has 2 aromatic rings. The molecular weight excluding hydrogens is 239 g/mol. The Morgan fingerprint density at radius 3 is 2.82 bits per heavy atom. The van der Waals surface area contributed by atoms with Crippen molar-refractivity contribution in [2.75, 3.05) is 7.11 Å². The zero-order valence-corrected chi connectivity index (χ0v) is 10.1. The molecular formula is C13H11FO2S. The van der Waals surface area contributed by atoms with Gasteiger partial charge < -0.3 is 4.74 Å². The molecule has 0 aliphatic heterocycles. The summed E-state index contributed by atoms with van der Waals surface area (Å²) in [5, 5.41) is 3.83. The summed E-state index contributed by atoms with van der Waals surface area (Å²) in [6, 6.07) is 6.16. The van der Waals surface area contributed by atoms with Crippen LogP contribution in [0.1, 0.15) is 15.9 Å². The standard InChI is InChI=1S/C13H11FO2S/c1-16-13-3-2-10(7-11(13)14)12(15)6-9-4-5-17-8-9/h2-5,7-8H,6H2,1H3. The van der Waals surface area contributed by atoms with Crippen molar-refractivity contribution in [2.45, 2.75) is 6.42 Å². The zero-order valence-electron chi connectivity index (χ0n) is 9.27. The van der Waals surface area contributed by atoms with Gasteiger partial charge in [-0.25, -0.2) is 4.39 Å². The lowest BCUT2D eigenvalue weighted by atomic mass is 10.0. The third-order valence-electron chi connectivity index (χ3n) is 2.42. The van der Waals surface area contributed by atoms with Crippen LogP contribution < -0.4 is 4.74 Å². The van der Waals surface area contributed by atoms with E-state index in [1.165, 1.54) is 30.6 Å². The molecule has 0 radical (unpaired) electrons. The SMILES string of the molecule is COc1ccc(C(=O)Cc2ccsc2)cc1F. The Bertz CT molecular complexity index is 520. The molecule has 4 heteroatoms. The van der Waals surface area contributed by atoms with E-state index < -0.39 is 5.82 Å². The van der Waals surface area contributed by atoms with Crippen LogP contribution in [0.2, 0.25) is 0 Å². The summed E-state index contributed by atoms with van der Waals surface area (Å²) >= 11 is 1.54. The summed E-state index contributed by atoms with van der Waals surface area (Å²) in [6.07, 6.45) is 0.301. The van der Waals surface area contributed by atoms with E-state index in [9.17, 15) is 9.18 Å². The second-order valence-electron chi connectivity index (χ2n) is 3.58. The highest BCUT2D eigenvalue weighted by atomic mass is 32.1. The van der Waals surface area contributed by atoms with Crippen LogP contribution in [0, 0.1) is 5.82 Å². The van der Waals surface area contributed by atoms with Crippen molar-refractivity contribution in [2.24, 2.45) is 0 Å². The lowest BCUT2D eigenvalue weighted by Gasteiger charge is -2.04. The molecule has 0 N–H and O–H groups in total. The van der Waals surface area contributed by atoms with E-state index in [-0.39, 0.29) is 11.5 Å². The summed E-state index contributed by atoms with van der Waals surface area (Å²) in [5.41, 5.74) is 1.32. The fraction of sp³-hybridized carbons (Fsp3) is 0.154. The monoisotopic (exact) mass is 250 g/mol. The Labute approximate surface area is 103 Å². The van der Waals surface area contributed by atoms with Gasteiger partial charge in [0.2, 0.25) is 0 Å². The Balaban J connectivity index is 2.17. The molecule has 0 bridgehead atoms. The maximum atomic E-state index is 13.4. The first-order valence-corrected chi connectivity index (χ1v) is 6.03. The van der Waals surface area contributed by atoms with E-state index in [4.69, 9.17) is 4.74 Å². The van der Waals surface area contributed by atoms with Gasteiger partial charge in [0.05, 0.1) is 7.11 Å². The molecule has 2 rings (SSSR count). The molecule has 0 amide bonds. The van der Waals surface area contributed by atoms with Crippen molar-refractivity contribution >= 4 is 17.1 Å². The van der Waals surface area contributed by atoms with Crippen molar-refractivity contribution in [3.05, 3.63) is 52.0 Å². The Kier molecular flexibility index (Phi) is 3.54. The average Bonchev–Trinajstić information content (AvgIpc) is 2.81. The molecule has 0 spiro atoms. The summed E-state index contributed by atoms with van der Waals surface area (Å²) in [6.45, 7) is 0. The van der Waals surface area contributed by atoms with E-state index in [1.54, 1.807) is 6.07 Å². The maximum absolute atomic E-state index is 13.4. The Morgan fingerprint density at radius 2 is 2.24 bits per heavy atom. The topological polar surface area (TPSA) is 26.3 Å². The zero-order chi connectivity index (χ0) is 12.3. The van der Waals surface area contributed by atoms with Crippen molar-refractivity contribution in [1.82, 2.24) is 0 Å². The highest BCUT2D eigenvalue weighted by Crippen LogP contribution is 2.19. The summed E-state index contributed by atoms with van der Waals surface area (Å²) in [4.78, 5) is 11.9. The lowest BCUT2D eigenvalue weighted by Crippen LogP contribution is -2.03. The molecule has 1 aromatic heterocycles. The number of halogens is 1. The fourth-order valence-electron chi connectivity index (χ4n) is 1.52. The molecule has 0 fully saturated rings. The van der Waals surface area contributed by atoms with Gasteiger partial charge in [0.15, 0.2) is 17.3 Å². The number of methoxy groups -OCH3 is 1. The largest absolute Gasteiger partial charge is 0.494 e. The van der Waals surface area contributed by atoms with Gasteiger partial charge in [0.1, 0.15) is 0 Å². The van der Waals surface area contributed by atoms with Crippen LogP contribution in [0.4, 0.5) is 4.39 Å². The first-order chi connectivity index (χ1) is 8.20. The second kappa shape index (κ2) is 5.10. The first-order valence-electron chi connectivity index (χ1n) is 5.08. The van der Waals surface area contributed by atoms with E-state index in [0.29, 0.717) is 12.0 Å². The molecule has 0 aliphatic carbocycles. The summed E-state index contributed by atoms with van der Waals surface area (Å²) in [5.74, 6) is -0.453. The van der Waals surface area contributed by atoms with E-state index in [1.807, 2.05) is 16.8 Å². The lowest BCUT2D eigenvalue weighted by molar-refractivity contribution is 0.0992. The van der Waals surface area contributed by atoms with Crippen LogP contribution in [0.5, 0.6) is 5.75 Å². The number of hydrogen-bond acceptors (Lipinski definition) is 3. The van der Waals surface area contributed by atoms with Crippen LogP contribution in [0.25, 0.3) is 0 Å². The van der Waals surface area contributed by atoms with Crippen molar-refractivity contribution in [3.8, 4) is 5.75 Å². The number of rotatable bonds is 4. The third kappa shape index (κ3) is 2.71. The van der Waals surface area contributed by atoms with Gasteiger partial charge in [-0.3, -0.25) is 4.79 Å². The van der Waals surface area contributed by atoms with Gasteiger partial charge in [0, 0.05) is 12.0 Å². The van der Waals surface area contributed by atoms with Gasteiger partial charge in [-0.1, -0.05) is 0 Å².